The van der Waals surface area contributed by atoms with Crippen LogP contribution in [0.4, 0.5) is 11.5 Å². The van der Waals surface area contributed by atoms with Crippen molar-refractivity contribution in [2.75, 3.05) is 18.3 Å². The highest BCUT2D eigenvalue weighted by Gasteiger charge is 2.12. The smallest absolute Gasteiger partial charge is 0.165 e. The minimum absolute atomic E-state index is 0.133. The maximum Gasteiger partial charge on any atom is 0.165 e. The summed E-state index contributed by atoms with van der Waals surface area (Å²) in [4.78, 5) is 13.0. The molecule has 126 valence electrons. The molecule has 0 radical (unpaired) electrons. The largest absolute Gasteiger partial charge is 0.508 e. The molecule has 8 heteroatoms. The summed E-state index contributed by atoms with van der Waals surface area (Å²) in [5.41, 5.74) is 2.13. The van der Waals surface area contributed by atoms with Crippen LogP contribution in [0.3, 0.4) is 0 Å². The number of benzene rings is 1. The lowest BCUT2D eigenvalue weighted by molar-refractivity contribution is 0.409. The Balaban J connectivity index is 1.90. The van der Waals surface area contributed by atoms with Crippen molar-refractivity contribution >= 4 is 34.3 Å². The van der Waals surface area contributed by atoms with Gasteiger partial charge < -0.3 is 19.7 Å². The van der Waals surface area contributed by atoms with Crippen molar-refractivity contribution in [3.05, 3.63) is 30.9 Å². The summed E-state index contributed by atoms with van der Waals surface area (Å²) in [6, 6.07) is 4.83. The lowest BCUT2D eigenvalue weighted by Gasteiger charge is -2.11. The summed E-state index contributed by atoms with van der Waals surface area (Å²) in [5, 5.41) is 12.7. The minimum Gasteiger partial charge on any atom is -0.508 e. The fraction of sp³-hybridized carbons (Fsp3) is 0.312. The maximum atomic E-state index is 9.55. The summed E-state index contributed by atoms with van der Waals surface area (Å²) in [5.74, 6) is 1.88. The van der Waals surface area contributed by atoms with Gasteiger partial charge in [-0.05, 0) is 25.0 Å². The lowest BCUT2D eigenvalue weighted by atomic mass is 10.2. The molecule has 2 aromatic heterocycles. The molecule has 0 aliphatic carbocycles. The molecule has 7 nitrogen and oxygen atoms in total. The van der Waals surface area contributed by atoms with Crippen LogP contribution in [0.15, 0.2) is 30.9 Å². The number of aromatic hydroxyl groups is 1. The van der Waals surface area contributed by atoms with Crippen molar-refractivity contribution in [3.63, 3.8) is 0 Å². The van der Waals surface area contributed by atoms with Gasteiger partial charge in [0.05, 0.1) is 19.1 Å². The van der Waals surface area contributed by atoms with E-state index < -0.39 is 0 Å². The summed E-state index contributed by atoms with van der Waals surface area (Å²) < 4.78 is 7.27. The number of unbranched alkanes of at least 4 members (excludes halogenated alkanes) is 1. The number of imidazole rings is 1. The first-order valence-corrected chi connectivity index (χ1v) is 8.12. The Labute approximate surface area is 144 Å². The van der Waals surface area contributed by atoms with Gasteiger partial charge >= 0.3 is 0 Å². The second-order valence-corrected chi connectivity index (χ2v) is 5.62. The second-order valence-electron chi connectivity index (χ2n) is 5.24. The van der Waals surface area contributed by atoms with Crippen molar-refractivity contribution in [3.8, 4) is 11.5 Å². The van der Waals surface area contributed by atoms with Gasteiger partial charge in [0.15, 0.2) is 17.0 Å². The van der Waals surface area contributed by atoms with Crippen molar-refractivity contribution in [1.82, 2.24) is 19.5 Å². The van der Waals surface area contributed by atoms with E-state index in [2.05, 4.69) is 20.3 Å². The molecule has 3 aromatic rings. The molecule has 2 N–H and O–H groups in total. The van der Waals surface area contributed by atoms with Crippen LogP contribution in [0.2, 0.25) is 0 Å². The van der Waals surface area contributed by atoms with Gasteiger partial charge in [0, 0.05) is 18.5 Å². The zero-order valence-electron chi connectivity index (χ0n) is 13.2. The number of hydrogen-bond acceptors (Lipinski definition) is 6. The van der Waals surface area contributed by atoms with Crippen LogP contribution in [0.25, 0.3) is 11.2 Å². The standard InChI is InChI=1S/C16H18ClN5O2/c1-24-13-8-11(23)4-5-12(13)21-15-14-16(19-9-18-15)22(10-20-14)7-3-2-6-17/h4-5,8-10,23H,2-3,6-7H2,1H3,(H,18,19,21). The third-order valence-electron chi connectivity index (χ3n) is 3.62. The topological polar surface area (TPSA) is 85.1 Å². The highest BCUT2D eigenvalue weighted by Crippen LogP contribution is 2.31. The van der Waals surface area contributed by atoms with Gasteiger partial charge in [-0.2, -0.15) is 0 Å². The molecule has 0 bridgehead atoms. The van der Waals surface area contributed by atoms with Gasteiger partial charge in [-0.15, -0.1) is 11.6 Å². The predicted molar refractivity (Wildman–Crippen MR) is 93.2 cm³/mol. The number of nitrogens with zero attached hydrogens (tertiary/aromatic N) is 4. The number of methoxy groups -OCH3 is 1. The number of phenols is 1. The lowest BCUT2D eigenvalue weighted by Crippen LogP contribution is -2.01. The maximum absolute atomic E-state index is 9.55. The molecule has 0 saturated heterocycles. The number of fused-ring (bicyclic) bond motifs is 1. The van der Waals surface area contributed by atoms with Crippen molar-refractivity contribution in [1.29, 1.82) is 0 Å². The number of halogens is 1. The van der Waals surface area contributed by atoms with E-state index >= 15 is 0 Å². The Morgan fingerprint density at radius 3 is 2.92 bits per heavy atom. The van der Waals surface area contributed by atoms with Gasteiger partial charge in [0.25, 0.3) is 0 Å². The number of rotatable bonds is 7. The van der Waals surface area contributed by atoms with E-state index in [1.54, 1.807) is 25.6 Å². The van der Waals surface area contributed by atoms with Gasteiger partial charge in [-0.25, -0.2) is 15.0 Å². The van der Waals surface area contributed by atoms with E-state index in [1.165, 1.54) is 12.4 Å². The average Bonchev–Trinajstić information content (AvgIpc) is 3.01. The third kappa shape index (κ3) is 3.35. The number of hydrogen-bond donors (Lipinski definition) is 2. The molecule has 0 aliphatic heterocycles. The van der Waals surface area contributed by atoms with E-state index in [0.717, 1.165) is 25.0 Å². The van der Waals surface area contributed by atoms with Crippen LogP contribution in [0, 0.1) is 0 Å². The molecule has 0 saturated carbocycles. The van der Waals surface area contributed by atoms with Crippen molar-refractivity contribution < 1.29 is 9.84 Å². The summed E-state index contributed by atoms with van der Waals surface area (Å²) in [6.45, 7) is 0.808. The number of alkyl halides is 1. The molecule has 1 aromatic carbocycles. The van der Waals surface area contributed by atoms with Crippen LogP contribution < -0.4 is 10.1 Å². The monoisotopic (exact) mass is 347 g/mol. The van der Waals surface area contributed by atoms with Crippen LogP contribution in [-0.2, 0) is 6.54 Å². The Hall–Kier alpha value is -2.54. The van der Waals surface area contributed by atoms with Crippen LogP contribution in [0.1, 0.15) is 12.8 Å². The molecule has 3 rings (SSSR count). The minimum atomic E-state index is 0.133. The van der Waals surface area contributed by atoms with Crippen LogP contribution in [0.5, 0.6) is 11.5 Å². The third-order valence-corrected chi connectivity index (χ3v) is 3.89. The molecule has 0 unspecified atom stereocenters. The zero-order chi connectivity index (χ0) is 16.9. The summed E-state index contributed by atoms with van der Waals surface area (Å²) >= 11 is 5.72. The quantitative estimate of drug-likeness (QED) is 0.387. The number of ether oxygens (including phenoxy) is 1. The van der Waals surface area contributed by atoms with Crippen molar-refractivity contribution in [2.45, 2.75) is 19.4 Å². The first kappa shape index (κ1) is 16.3. The molecule has 0 aliphatic rings. The Morgan fingerprint density at radius 2 is 2.12 bits per heavy atom. The summed E-state index contributed by atoms with van der Waals surface area (Å²) in [6.07, 6.45) is 5.17. The molecular weight excluding hydrogens is 330 g/mol. The van der Waals surface area contributed by atoms with E-state index in [9.17, 15) is 5.11 Å². The second kappa shape index (κ2) is 7.35. The first-order valence-electron chi connectivity index (χ1n) is 7.58. The number of aryl methyl sites for hydroxylation is 1. The van der Waals surface area contributed by atoms with E-state index in [1.807, 2.05) is 4.57 Å². The Morgan fingerprint density at radius 1 is 1.25 bits per heavy atom. The number of anilines is 2. The highest BCUT2D eigenvalue weighted by atomic mass is 35.5. The number of phenolic OH excluding ortho intramolecular Hbond substituents is 1. The number of nitrogens with one attached hydrogen (secondary N) is 1. The van der Waals surface area contributed by atoms with Gasteiger partial charge in [0.2, 0.25) is 0 Å². The van der Waals surface area contributed by atoms with Crippen molar-refractivity contribution in [2.24, 2.45) is 0 Å². The van der Waals surface area contributed by atoms with Crippen LogP contribution in [-0.4, -0.2) is 37.6 Å². The molecule has 0 atom stereocenters. The number of aromatic nitrogens is 4. The fourth-order valence-electron chi connectivity index (χ4n) is 2.42. The molecule has 2 heterocycles. The van der Waals surface area contributed by atoms with E-state index in [-0.39, 0.29) is 5.75 Å². The van der Waals surface area contributed by atoms with Gasteiger partial charge in [-0.1, -0.05) is 0 Å². The predicted octanol–water partition coefficient (Wildman–Crippen LogP) is 3.30. The van der Waals surface area contributed by atoms with Gasteiger partial charge in [0.1, 0.15) is 17.8 Å². The normalized spacial score (nSPS) is 10.9. The molecule has 0 spiro atoms. The Kier molecular flexibility index (Phi) is 5.00. The van der Waals surface area contributed by atoms with Crippen LogP contribution >= 0.6 is 11.6 Å². The molecule has 0 amide bonds. The fourth-order valence-corrected chi connectivity index (χ4v) is 2.61. The average molecular weight is 348 g/mol. The first-order chi connectivity index (χ1) is 11.7. The summed E-state index contributed by atoms with van der Waals surface area (Å²) in [7, 11) is 1.54. The van der Waals surface area contributed by atoms with Gasteiger partial charge in [-0.3, -0.25) is 0 Å². The molecule has 24 heavy (non-hydrogen) atoms. The zero-order valence-corrected chi connectivity index (χ0v) is 14.0. The molecule has 0 fully saturated rings. The Bertz CT molecular complexity index is 836. The molecular formula is C16H18ClN5O2. The highest BCUT2D eigenvalue weighted by molar-refractivity contribution is 6.17. The SMILES string of the molecule is COc1cc(O)ccc1Nc1ncnc2c1ncn2CCCCCl. The van der Waals surface area contributed by atoms with E-state index in [4.69, 9.17) is 16.3 Å². The van der Waals surface area contributed by atoms with E-state index in [0.29, 0.717) is 28.7 Å².